The number of carbonyl (C=O) groups is 1. The molecule has 118 valence electrons. The molecule has 3 heteroatoms. The Bertz CT molecular complexity index is 543. The fraction of sp³-hybridized carbons (Fsp3) is 0.526. The summed E-state index contributed by atoms with van der Waals surface area (Å²) in [6.45, 7) is 2.53. The highest BCUT2D eigenvalue weighted by Gasteiger charge is 2.28. The maximum absolute atomic E-state index is 11.3. The molecular weight excluding hydrogens is 274 g/mol. The predicted molar refractivity (Wildman–Crippen MR) is 88.6 cm³/mol. The van der Waals surface area contributed by atoms with Gasteiger partial charge >= 0.3 is 5.97 Å². The lowest BCUT2D eigenvalue weighted by atomic mass is 9.86. The van der Waals surface area contributed by atoms with Crippen LogP contribution in [0, 0.1) is 0 Å². The number of esters is 1. The molecule has 1 aromatic rings. The molecule has 1 heterocycles. The number of hydrogen-bond donors (Lipinski definition) is 0. The van der Waals surface area contributed by atoms with Gasteiger partial charge in [0.1, 0.15) is 0 Å². The van der Waals surface area contributed by atoms with E-state index in [2.05, 4.69) is 23.1 Å². The number of methoxy groups -OCH3 is 1. The van der Waals surface area contributed by atoms with Crippen LogP contribution in [-0.4, -0.2) is 37.1 Å². The van der Waals surface area contributed by atoms with Crippen LogP contribution < -0.4 is 0 Å². The van der Waals surface area contributed by atoms with E-state index in [4.69, 9.17) is 4.74 Å². The molecule has 3 nitrogen and oxygen atoms in total. The minimum Gasteiger partial charge on any atom is -0.469 e. The molecule has 1 aliphatic heterocycles. The Morgan fingerprint density at radius 1 is 1.23 bits per heavy atom. The maximum Gasteiger partial charge on any atom is 0.309 e. The largest absolute Gasteiger partial charge is 0.469 e. The van der Waals surface area contributed by atoms with Crippen LogP contribution in [-0.2, 0) is 16.0 Å². The second-order valence-electron chi connectivity index (χ2n) is 6.36. The Kier molecular flexibility index (Phi) is 4.94. The summed E-state index contributed by atoms with van der Waals surface area (Å²) in [5.41, 5.74) is 3.85. The van der Waals surface area contributed by atoms with Crippen LogP contribution in [0.4, 0.5) is 0 Å². The highest BCUT2D eigenvalue weighted by molar-refractivity contribution is 5.72. The minimum absolute atomic E-state index is 0.184. The van der Waals surface area contributed by atoms with Gasteiger partial charge in [0, 0.05) is 6.04 Å². The van der Waals surface area contributed by atoms with Gasteiger partial charge in [-0.1, -0.05) is 42.3 Å². The number of ether oxygens (including phenoxy) is 1. The number of carbonyl (C=O) groups excluding carboxylic acids is 1. The zero-order valence-corrected chi connectivity index (χ0v) is 13.4. The molecule has 0 radical (unpaired) electrons. The molecule has 0 spiro atoms. The van der Waals surface area contributed by atoms with E-state index in [-0.39, 0.29) is 5.97 Å². The smallest absolute Gasteiger partial charge is 0.309 e. The third-order valence-corrected chi connectivity index (χ3v) is 4.86. The third kappa shape index (κ3) is 3.58. The van der Waals surface area contributed by atoms with Crippen molar-refractivity contribution in [2.45, 2.75) is 44.6 Å². The van der Waals surface area contributed by atoms with Crippen LogP contribution in [0.5, 0.6) is 0 Å². The normalized spacial score (nSPS) is 24.0. The maximum atomic E-state index is 11.3. The average molecular weight is 299 g/mol. The zero-order valence-electron chi connectivity index (χ0n) is 13.4. The molecule has 3 rings (SSSR count). The summed E-state index contributed by atoms with van der Waals surface area (Å²) < 4.78 is 4.71. The lowest BCUT2D eigenvalue weighted by Gasteiger charge is -2.42. The average Bonchev–Trinajstić information content (AvgIpc) is 2.49. The van der Waals surface area contributed by atoms with Crippen molar-refractivity contribution in [1.29, 1.82) is 0 Å². The summed E-state index contributed by atoms with van der Waals surface area (Å²) in [6.07, 6.45) is 9.28. The van der Waals surface area contributed by atoms with Crippen LogP contribution in [0.3, 0.4) is 0 Å². The second-order valence-corrected chi connectivity index (χ2v) is 6.36. The van der Waals surface area contributed by atoms with Crippen molar-refractivity contribution >= 4 is 12.0 Å². The van der Waals surface area contributed by atoms with Gasteiger partial charge in [0.05, 0.1) is 13.5 Å². The summed E-state index contributed by atoms with van der Waals surface area (Å²) in [6, 6.07) is 8.97. The molecule has 1 saturated heterocycles. The summed E-state index contributed by atoms with van der Waals surface area (Å²) in [5.74, 6) is -0.184. The highest BCUT2D eigenvalue weighted by Crippen LogP contribution is 2.31. The Hall–Kier alpha value is -1.61. The highest BCUT2D eigenvalue weighted by atomic mass is 16.5. The van der Waals surface area contributed by atoms with Crippen LogP contribution >= 0.6 is 0 Å². The zero-order chi connectivity index (χ0) is 15.4. The number of benzene rings is 1. The van der Waals surface area contributed by atoms with Crippen molar-refractivity contribution in [2.24, 2.45) is 0 Å². The molecule has 1 unspecified atom stereocenters. The molecule has 1 saturated carbocycles. The SMILES string of the molecule is COC(=O)Cc1ccc(C=C2CCCCC2N2CCC2)cc1. The summed E-state index contributed by atoms with van der Waals surface area (Å²) >= 11 is 0. The molecule has 1 aromatic carbocycles. The Balaban J connectivity index is 1.70. The van der Waals surface area contributed by atoms with Gasteiger partial charge < -0.3 is 4.74 Å². The van der Waals surface area contributed by atoms with E-state index in [9.17, 15) is 4.79 Å². The van der Waals surface area contributed by atoms with E-state index in [1.807, 2.05) is 12.1 Å². The van der Waals surface area contributed by atoms with E-state index >= 15 is 0 Å². The van der Waals surface area contributed by atoms with Crippen molar-refractivity contribution in [3.8, 4) is 0 Å². The van der Waals surface area contributed by atoms with Crippen LogP contribution in [0.25, 0.3) is 6.08 Å². The van der Waals surface area contributed by atoms with Gasteiger partial charge in [0.2, 0.25) is 0 Å². The van der Waals surface area contributed by atoms with E-state index < -0.39 is 0 Å². The van der Waals surface area contributed by atoms with Crippen molar-refractivity contribution < 1.29 is 9.53 Å². The first-order valence-electron chi connectivity index (χ1n) is 8.36. The van der Waals surface area contributed by atoms with Crippen LogP contribution in [0.2, 0.25) is 0 Å². The molecule has 0 amide bonds. The first-order chi connectivity index (χ1) is 10.8. The number of nitrogens with zero attached hydrogens (tertiary/aromatic N) is 1. The predicted octanol–water partition coefficient (Wildman–Crippen LogP) is 3.43. The van der Waals surface area contributed by atoms with Gasteiger partial charge in [-0.15, -0.1) is 0 Å². The standard InChI is InChI=1S/C19H25NO2/c1-22-19(21)14-16-9-7-15(8-10-16)13-17-5-2-3-6-18(17)20-11-4-12-20/h7-10,13,18H,2-6,11-12,14H2,1H3. The van der Waals surface area contributed by atoms with Crippen molar-refractivity contribution in [2.75, 3.05) is 20.2 Å². The molecule has 0 aromatic heterocycles. The quantitative estimate of drug-likeness (QED) is 0.798. The molecule has 2 aliphatic rings. The number of likely N-dealkylation sites (tertiary alicyclic amines) is 1. The van der Waals surface area contributed by atoms with E-state index in [1.54, 1.807) is 5.57 Å². The Labute approximate surface area is 133 Å². The van der Waals surface area contributed by atoms with Crippen LogP contribution in [0.1, 0.15) is 43.2 Å². The Morgan fingerprint density at radius 2 is 2.00 bits per heavy atom. The van der Waals surface area contributed by atoms with E-state index in [0.29, 0.717) is 12.5 Å². The summed E-state index contributed by atoms with van der Waals surface area (Å²) in [5, 5.41) is 0. The van der Waals surface area contributed by atoms with Gasteiger partial charge in [0.25, 0.3) is 0 Å². The molecule has 22 heavy (non-hydrogen) atoms. The summed E-state index contributed by atoms with van der Waals surface area (Å²) in [7, 11) is 1.43. The van der Waals surface area contributed by atoms with E-state index in [1.165, 1.54) is 57.9 Å². The van der Waals surface area contributed by atoms with Gasteiger partial charge in [0.15, 0.2) is 0 Å². The van der Waals surface area contributed by atoms with Gasteiger partial charge in [-0.25, -0.2) is 0 Å². The lowest BCUT2D eigenvalue weighted by Crippen LogP contribution is -2.46. The van der Waals surface area contributed by atoms with Gasteiger partial charge in [-0.05, 0) is 49.9 Å². The monoisotopic (exact) mass is 299 g/mol. The third-order valence-electron chi connectivity index (χ3n) is 4.86. The number of hydrogen-bond acceptors (Lipinski definition) is 3. The first-order valence-corrected chi connectivity index (χ1v) is 8.36. The fourth-order valence-electron chi connectivity index (χ4n) is 3.44. The molecule has 0 bridgehead atoms. The van der Waals surface area contributed by atoms with Crippen LogP contribution in [0.15, 0.2) is 29.8 Å². The lowest BCUT2D eigenvalue weighted by molar-refractivity contribution is -0.139. The molecule has 0 N–H and O–H groups in total. The van der Waals surface area contributed by atoms with Crippen molar-refractivity contribution in [3.05, 3.63) is 41.0 Å². The molecule has 1 atom stereocenters. The van der Waals surface area contributed by atoms with Crippen molar-refractivity contribution in [1.82, 2.24) is 4.90 Å². The van der Waals surface area contributed by atoms with Gasteiger partial charge in [-0.2, -0.15) is 0 Å². The second kappa shape index (κ2) is 7.10. The van der Waals surface area contributed by atoms with Crippen molar-refractivity contribution in [3.63, 3.8) is 0 Å². The molecular formula is C19H25NO2. The Morgan fingerprint density at radius 3 is 2.64 bits per heavy atom. The fourth-order valence-corrected chi connectivity index (χ4v) is 3.44. The minimum atomic E-state index is -0.184. The molecule has 2 fully saturated rings. The topological polar surface area (TPSA) is 29.5 Å². The molecule has 1 aliphatic carbocycles. The summed E-state index contributed by atoms with van der Waals surface area (Å²) in [4.78, 5) is 13.9. The first kappa shape index (κ1) is 15.3. The number of rotatable bonds is 4. The van der Waals surface area contributed by atoms with E-state index in [0.717, 1.165) is 5.56 Å². The van der Waals surface area contributed by atoms with Gasteiger partial charge in [-0.3, -0.25) is 9.69 Å².